The molecule has 0 fully saturated rings. The second-order valence-corrected chi connectivity index (χ2v) is 4.40. The van der Waals surface area contributed by atoms with E-state index in [-0.39, 0.29) is 12.5 Å². The Balaban J connectivity index is 2.03. The minimum Gasteiger partial charge on any atom is -0.444 e. The Bertz CT molecular complexity index is 571. The third-order valence-corrected chi connectivity index (χ3v) is 2.68. The van der Waals surface area contributed by atoms with Gasteiger partial charge >= 0.3 is 0 Å². The Hall–Kier alpha value is -2.24. The Morgan fingerprint density at radius 3 is 3.00 bits per heavy atom. The number of rotatable bonds is 5. The molecule has 0 aliphatic rings. The predicted octanol–water partition coefficient (Wildman–Crippen LogP) is 1.71. The SMILES string of the molecule is CCCn1cc(N)cc1C(=O)NCc1ncc(C)o1. The van der Waals surface area contributed by atoms with Gasteiger partial charge in [0.15, 0.2) is 0 Å². The van der Waals surface area contributed by atoms with E-state index in [2.05, 4.69) is 10.3 Å². The van der Waals surface area contributed by atoms with Crippen LogP contribution in [-0.2, 0) is 13.1 Å². The fourth-order valence-electron chi connectivity index (χ4n) is 1.88. The first-order valence-corrected chi connectivity index (χ1v) is 6.25. The molecule has 2 heterocycles. The third kappa shape index (κ3) is 3.15. The molecule has 6 heteroatoms. The summed E-state index contributed by atoms with van der Waals surface area (Å²) >= 11 is 0. The lowest BCUT2D eigenvalue weighted by molar-refractivity contribution is 0.0937. The van der Waals surface area contributed by atoms with Crippen molar-refractivity contribution in [1.29, 1.82) is 0 Å². The molecular weight excluding hydrogens is 244 g/mol. The minimum atomic E-state index is -0.180. The maximum Gasteiger partial charge on any atom is 0.268 e. The minimum absolute atomic E-state index is 0.180. The zero-order valence-electron chi connectivity index (χ0n) is 11.1. The molecule has 0 unspecified atom stereocenters. The molecule has 0 aliphatic carbocycles. The van der Waals surface area contributed by atoms with Crippen LogP contribution < -0.4 is 11.1 Å². The quantitative estimate of drug-likeness (QED) is 0.858. The van der Waals surface area contributed by atoms with Gasteiger partial charge in [0.1, 0.15) is 11.5 Å². The molecule has 19 heavy (non-hydrogen) atoms. The number of anilines is 1. The summed E-state index contributed by atoms with van der Waals surface area (Å²) in [4.78, 5) is 16.1. The topological polar surface area (TPSA) is 86.1 Å². The van der Waals surface area contributed by atoms with Crippen LogP contribution in [0.15, 0.2) is 22.9 Å². The van der Waals surface area contributed by atoms with Gasteiger partial charge in [-0.1, -0.05) is 6.92 Å². The molecular formula is C13H18N4O2. The van der Waals surface area contributed by atoms with E-state index in [0.717, 1.165) is 18.7 Å². The van der Waals surface area contributed by atoms with Crippen LogP contribution in [-0.4, -0.2) is 15.5 Å². The van der Waals surface area contributed by atoms with Gasteiger partial charge < -0.3 is 20.0 Å². The van der Waals surface area contributed by atoms with Crippen molar-refractivity contribution in [2.75, 3.05) is 5.73 Å². The third-order valence-electron chi connectivity index (χ3n) is 2.68. The van der Waals surface area contributed by atoms with E-state index in [0.29, 0.717) is 17.3 Å². The number of carbonyl (C=O) groups is 1. The van der Waals surface area contributed by atoms with Gasteiger partial charge in [-0.05, 0) is 19.4 Å². The van der Waals surface area contributed by atoms with Gasteiger partial charge in [0.2, 0.25) is 5.89 Å². The van der Waals surface area contributed by atoms with Gasteiger partial charge in [0, 0.05) is 12.7 Å². The van der Waals surface area contributed by atoms with Crippen molar-refractivity contribution in [3.63, 3.8) is 0 Å². The highest BCUT2D eigenvalue weighted by Gasteiger charge is 2.13. The highest BCUT2D eigenvalue weighted by molar-refractivity contribution is 5.93. The average Bonchev–Trinajstić information content (AvgIpc) is 2.93. The largest absolute Gasteiger partial charge is 0.444 e. The summed E-state index contributed by atoms with van der Waals surface area (Å²) in [5.74, 6) is 1.04. The number of nitrogen functional groups attached to an aromatic ring is 1. The van der Waals surface area contributed by atoms with Gasteiger partial charge in [-0.2, -0.15) is 0 Å². The van der Waals surface area contributed by atoms with Crippen LogP contribution >= 0.6 is 0 Å². The molecule has 0 saturated carbocycles. The van der Waals surface area contributed by atoms with Crippen molar-refractivity contribution in [2.45, 2.75) is 33.4 Å². The van der Waals surface area contributed by atoms with Gasteiger partial charge in [-0.15, -0.1) is 0 Å². The monoisotopic (exact) mass is 262 g/mol. The number of oxazole rings is 1. The lowest BCUT2D eigenvalue weighted by atomic mass is 10.3. The number of hydrogen-bond donors (Lipinski definition) is 2. The van der Waals surface area contributed by atoms with Crippen LogP contribution in [0.25, 0.3) is 0 Å². The maximum absolute atomic E-state index is 12.1. The Morgan fingerprint density at radius 1 is 1.58 bits per heavy atom. The summed E-state index contributed by atoms with van der Waals surface area (Å²) in [6, 6.07) is 1.67. The molecule has 2 rings (SSSR count). The average molecular weight is 262 g/mol. The first-order chi connectivity index (χ1) is 9.10. The van der Waals surface area contributed by atoms with E-state index >= 15 is 0 Å². The van der Waals surface area contributed by atoms with Crippen molar-refractivity contribution in [3.05, 3.63) is 35.8 Å². The van der Waals surface area contributed by atoms with Crippen LogP contribution in [0, 0.1) is 6.92 Å². The smallest absolute Gasteiger partial charge is 0.268 e. The Morgan fingerprint density at radius 2 is 2.37 bits per heavy atom. The number of aryl methyl sites for hydroxylation is 2. The molecule has 2 aromatic rings. The second-order valence-electron chi connectivity index (χ2n) is 4.40. The summed E-state index contributed by atoms with van der Waals surface area (Å²) in [6.45, 7) is 4.89. The van der Waals surface area contributed by atoms with Crippen LogP contribution in [0.1, 0.15) is 35.5 Å². The molecule has 0 aliphatic heterocycles. The molecule has 0 aromatic carbocycles. The van der Waals surface area contributed by atoms with E-state index in [1.807, 2.05) is 18.4 Å². The molecule has 2 aromatic heterocycles. The predicted molar refractivity (Wildman–Crippen MR) is 71.5 cm³/mol. The summed E-state index contributed by atoms with van der Waals surface area (Å²) in [5.41, 5.74) is 6.87. The van der Waals surface area contributed by atoms with E-state index in [9.17, 15) is 4.79 Å². The van der Waals surface area contributed by atoms with Crippen molar-refractivity contribution < 1.29 is 9.21 Å². The van der Waals surface area contributed by atoms with Crippen LogP contribution in [0.2, 0.25) is 0 Å². The fraction of sp³-hybridized carbons (Fsp3) is 0.385. The van der Waals surface area contributed by atoms with Gasteiger partial charge in [-0.25, -0.2) is 4.98 Å². The van der Waals surface area contributed by atoms with E-state index in [1.165, 1.54) is 0 Å². The van der Waals surface area contributed by atoms with Gasteiger partial charge in [0.05, 0.1) is 18.4 Å². The molecule has 0 bridgehead atoms. The lowest BCUT2D eigenvalue weighted by Crippen LogP contribution is -2.25. The zero-order chi connectivity index (χ0) is 13.8. The number of aromatic nitrogens is 2. The Kier molecular flexibility index (Phi) is 3.89. The molecule has 1 amide bonds. The summed E-state index contributed by atoms with van der Waals surface area (Å²) in [6.07, 6.45) is 4.33. The van der Waals surface area contributed by atoms with Crippen molar-refractivity contribution >= 4 is 11.6 Å². The van der Waals surface area contributed by atoms with Crippen LogP contribution in [0.3, 0.4) is 0 Å². The first-order valence-electron chi connectivity index (χ1n) is 6.25. The molecule has 6 nitrogen and oxygen atoms in total. The standard InChI is InChI=1S/C13H18N4O2/c1-3-4-17-8-10(14)5-11(17)13(18)16-7-12-15-6-9(2)19-12/h5-6,8H,3-4,7,14H2,1-2H3,(H,16,18). The van der Waals surface area contributed by atoms with E-state index < -0.39 is 0 Å². The van der Waals surface area contributed by atoms with Crippen LogP contribution in [0.5, 0.6) is 0 Å². The number of nitrogens with one attached hydrogen (secondary N) is 1. The van der Waals surface area contributed by atoms with E-state index in [4.69, 9.17) is 10.2 Å². The van der Waals surface area contributed by atoms with Gasteiger partial charge in [-0.3, -0.25) is 4.79 Å². The Labute approximate surface area is 111 Å². The highest BCUT2D eigenvalue weighted by atomic mass is 16.4. The van der Waals surface area contributed by atoms with Gasteiger partial charge in [0.25, 0.3) is 5.91 Å². The van der Waals surface area contributed by atoms with Crippen molar-refractivity contribution in [2.24, 2.45) is 0 Å². The van der Waals surface area contributed by atoms with Crippen molar-refractivity contribution in [1.82, 2.24) is 14.9 Å². The molecule has 0 atom stereocenters. The maximum atomic E-state index is 12.1. The summed E-state index contributed by atoms with van der Waals surface area (Å²) < 4.78 is 7.15. The number of amides is 1. The molecule has 0 saturated heterocycles. The molecule has 3 N–H and O–H groups in total. The van der Waals surface area contributed by atoms with Crippen LogP contribution in [0.4, 0.5) is 5.69 Å². The van der Waals surface area contributed by atoms with E-state index in [1.54, 1.807) is 18.5 Å². The molecule has 0 spiro atoms. The highest BCUT2D eigenvalue weighted by Crippen LogP contribution is 2.11. The number of carbonyl (C=O) groups excluding carboxylic acids is 1. The molecule has 0 radical (unpaired) electrons. The summed E-state index contributed by atoms with van der Waals surface area (Å²) in [7, 11) is 0. The first kappa shape index (κ1) is 13.2. The molecule has 102 valence electrons. The summed E-state index contributed by atoms with van der Waals surface area (Å²) in [5, 5.41) is 2.77. The fourth-order valence-corrected chi connectivity index (χ4v) is 1.88. The number of nitrogens with two attached hydrogens (primary N) is 1. The number of hydrogen-bond acceptors (Lipinski definition) is 4. The second kappa shape index (κ2) is 5.60. The zero-order valence-corrected chi connectivity index (χ0v) is 11.1. The van der Waals surface area contributed by atoms with Crippen molar-refractivity contribution in [3.8, 4) is 0 Å². The number of nitrogens with zero attached hydrogens (tertiary/aromatic N) is 2. The lowest BCUT2D eigenvalue weighted by Gasteiger charge is -2.07. The normalized spacial score (nSPS) is 10.6.